The van der Waals surface area contributed by atoms with Crippen LogP contribution in [0.3, 0.4) is 0 Å². The molecule has 4 nitrogen and oxygen atoms in total. The van der Waals surface area contributed by atoms with Gasteiger partial charge in [-0.15, -0.1) is 0 Å². The number of ether oxygens (including phenoxy) is 1. The first kappa shape index (κ1) is 11.4. The second kappa shape index (κ2) is 4.42. The van der Waals surface area contributed by atoms with Crippen molar-refractivity contribution in [1.29, 1.82) is 5.26 Å². The van der Waals surface area contributed by atoms with Crippen LogP contribution in [-0.4, -0.2) is 19.6 Å². The summed E-state index contributed by atoms with van der Waals surface area (Å²) >= 11 is 0. The van der Waals surface area contributed by atoms with E-state index < -0.39 is 5.82 Å². The number of hydrogen-bond acceptors (Lipinski definition) is 3. The van der Waals surface area contributed by atoms with Crippen molar-refractivity contribution in [2.45, 2.75) is 6.42 Å². The van der Waals surface area contributed by atoms with Crippen molar-refractivity contribution in [2.75, 3.05) is 18.6 Å². The molecule has 88 valence electrons. The summed E-state index contributed by atoms with van der Waals surface area (Å²) in [5.74, 6) is -0.792. The van der Waals surface area contributed by atoms with E-state index in [9.17, 15) is 9.18 Å². The number of nitrogens with zero attached hydrogens (tertiary/aromatic N) is 2. The summed E-state index contributed by atoms with van der Waals surface area (Å²) in [7, 11) is 1.37. The lowest BCUT2D eigenvalue weighted by Gasteiger charge is -2.16. The fourth-order valence-electron chi connectivity index (χ4n) is 1.86. The van der Waals surface area contributed by atoms with E-state index >= 15 is 0 Å². The molecular weight excluding hydrogens is 223 g/mol. The van der Waals surface area contributed by atoms with Crippen molar-refractivity contribution in [3.63, 3.8) is 0 Å². The molecule has 0 aliphatic carbocycles. The SMILES string of the molecule is COc1cc(N2CC(C#N)CC2=O)ccc1F. The Hall–Kier alpha value is -2.09. The molecule has 0 saturated carbocycles. The monoisotopic (exact) mass is 234 g/mol. The van der Waals surface area contributed by atoms with Gasteiger partial charge in [-0.2, -0.15) is 5.26 Å². The Labute approximate surface area is 98.2 Å². The molecule has 1 aromatic rings. The van der Waals surface area contributed by atoms with Gasteiger partial charge >= 0.3 is 0 Å². The van der Waals surface area contributed by atoms with Gasteiger partial charge in [0.15, 0.2) is 11.6 Å². The average Bonchev–Trinajstić information content (AvgIpc) is 2.71. The highest BCUT2D eigenvalue weighted by Gasteiger charge is 2.30. The fraction of sp³-hybridized carbons (Fsp3) is 0.333. The van der Waals surface area contributed by atoms with E-state index in [1.54, 1.807) is 0 Å². The highest BCUT2D eigenvalue weighted by atomic mass is 19.1. The van der Waals surface area contributed by atoms with E-state index in [0.717, 1.165) is 0 Å². The predicted octanol–water partition coefficient (Wildman–Crippen LogP) is 1.71. The van der Waals surface area contributed by atoms with Gasteiger partial charge in [-0.3, -0.25) is 4.79 Å². The zero-order valence-electron chi connectivity index (χ0n) is 9.31. The Morgan fingerprint density at radius 2 is 2.35 bits per heavy atom. The van der Waals surface area contributed by atoms with Crippen LogP contribution < -0.4 is 9.64 Å². The van der Waals surface area contributed by atoms with Crippen molar-refractivity contribution < 1.29 is 13.9 Å². The van der Waals surface area contributed by atoms with Gasteiger partial charge in [-0.25, -0.2) is 4.39 Å². The summed E-state index contributed by atoms with van der Waals surface area (Å²) in [5, 5.41) is 8.78. The molecule has 17 heavy (non-hydrogen) atoms. The summed E-state index contributed by atoms with van der Waals surface area (Å²) in [5.41, 5.74) is 0.561. The first-order chi connectivity index (χ1) is 8.15. The van der Waals surface area contributed by atoms with Gasteiger partial charge in [0.25, 0.3) is 0 Å². The van der Waals surface area contributed by atoms with Gasteiger partial charge in [-0.1, -0.05) is 0 Å². The van der Waals surface area contributed by atoms with Crippen LogP contribution in [0.4, 0.5) is 10.1 Å². The summed E-state index contributed by atoms with van der Waals surface area (Å²) < 4.78 is 18.1. The van der Waals surface area contributed by atoms with Gasteiger partial charge in [-0.05, 0) is 12.1 Å². The molecule has 0 N–H and O–H groups in total. The lowest BCUT2D eigenvalue weighted by molar-refractivity contribution is -0.117. The maximum Gasteiger partial charge on any atom is 0.228 e. The van der Waals surface area contributed by atoms with Crippen molar-refractivity contribution >= 4 is 11.6 Å². The number of halogens is 1. The number of hydrogen-bond donors (Lipinski definition) is 0. The van der Waals surface area contributed by atoms with Crippen molar-refractivity contribution in [3.05, 3.63) is 24.0 Å². The van der Waals surface area contributed by atoms with Crippen molar-refractivity contribution in [2.24, 2.45) is 5.92 Å². The Morgan fingerprint density at radius 3 is 2.94 bits per heavy atom. The Morgan fingerprint density at radius 1 is 1.59 bits per heavy atom. The normalized spacial score (nSPS) is 19.2. The molecule has 1 atom stereocenters. The molecule has 0 bridgehead atoms. The molecule has 1 saturated heterocycles. The number of carbonyl (C=O) groups is 1. The second-order valence-electron chi connectivity index (χ2n) is 3.85. The van der Waals surface area contributed by atoms with E-state index in [0.29, 0.717) is 12.2 Å². The molecule has 1 aliphatic heterocycles. The van der Waals surface area contributed by atoms with E-state index in [1.165, 1.54) is 30.2 Å². The van der Waals surface area contributed by atoms with Crippen molar-refractivity contribution in [3.8, 4) is 11.8 Å². The average molecular weight is 234 g/mol. The van der Waals surface area contributed by atoms with E-state index in [2.05, 4.69) is 6.07 Å². The first-order valence-corrected chi connectivity index (χ1v) is 5.19. The number of benzene rings is 1. The molecule has 0 spiro atoms. The zero-order chi connectivity index (χ0) is 12.4. The lowest BCUT2D eigenvalue weighted by Crippen LogP contribution is -2.24. The van der Waals surface area contributed by atoms with Crippen LogP contribution in [0.5, 0.6) is 5.75 Å². The molecule has 1 aliphatic rings. The quantitative estimate of drug-likeness (QED) is 0.782. The van der Waals surface area contributed by atoms with Crippen LogP contribution in [0, 0.1) is 23.1 Å². The summed E-state index contributed by atoms with van der Waals surface area (Å²) in [6.45, 7) is 0.351. The summed E-state index contributed by atoms with van der Waals surface area (Å²) in [6.07, 6.45) is 0.218. The Kier molecular flexibility index (Phi) is 2.96. The minimum absolute atomic E-state index is 0.0932. The van der Waals surface area contributed by atoms with Gasteiger partial charge in [0.05, 0.1) is 19.1 Å². The van der Waals surface area contributed by atoms with Gasteiger partial charge < -0.3 is 9.64 Å². The number of anilines is 1. The molecule has 1 fully saturated rings. The highest BCUT2D eigenvalue weighted by molar-refractivity contribution is 5.96. The minimum Gasteiger partial charge on any atom is -0.494 e. The van der Waals surface area contributed by atoms with Crippen LogP contribution in [0.2, 0.25) is 0 Å². The standard InChI is InChI=1S/C12H11FN2O2/c1-17-11-5-9(2-3-10(11)13)15-7-8(6-14)4-12(15)16/h2-3,5,8H,4,7H2,1H3. The third-order valence-electron chi connectivity index (χ3n) is 2.75. The largest absolute Gasteiger partial charge is 0.494 e. The highest BCUT2D eigenvalue weighted by Crippen LogP contribution is 2.29. The van der Waals surface area contributed by atoms with Crippen LogP contribution in [-0.2, 0) is 4.79 Å². The van der Waals surface area contributed by atoms with Gasteiger partial charge in [0, 0.05) is 24.7 Å². The summed E-state index contributed by atoms with van der Waals surface area (Å²) in [6, 6.07) is 6.29. The molecule has 1 unspecified atom stereocenters. The van der Waals surface area contributed by atoms with E-state index in [1.807, 2.05) is 0 Å². The lowest BCUT2D eigenvalue weighted by atomic mass is 10.1. The molecule has 0 aromatic heterocycles. The maximum atomic E-state index is 13.2. The minimum atomic E-state index is -0.472. The van der Waals surface area contributed by atoms with Crippen LogP contribution in [0.25, 0.3) is 0 Å². The summed E-state index contributed by atoms with van der Waals surface area (Å²) in [4.78, 5) is 13.2. The molecule has 1 aromatic carbocycles. The smallest absolute Gasteiger partial charge is 0.228 e. The molecule has 5 heteroatoms. The molecule has 1 heterocycles. The van der Waals surface area contributed by atoms with Crippen LogP contribution >= 0.6 is 0 Å². The Balaban J connectivity index is 2.29. The second-order valence-corrected chi connectivity index (χ2v) is 3.85. The topological polar surface area (TPSA) is 53.3 Å². The predicted molar refractivity (Wildman–Crippen MR) is 59.0 cm³/mol. The first-order valence-electron chi connectivity index (χ1n) is 5.19. The van der Waals surface area contributed by atoms with E-state index in [-0.39, 0.29) is 24.0 Å². The van der Waals surface area contributed by atoms with Gasteiger partial charge in [0.1, 0.15) is 0 Å². The zero-order valence-corrected chi connectivity index (χ0v) is 9.31. The van der Waals surface area contributed by atoms with Crippen LogP contribution in [0.15, 0.2) is 18.2 Å². The number of amides is 1. The maximum absolute atomic E-state index is 13.2. The number of nitriles is 1. The molecule has 2 rings (SSSR count). The number of carbonyl (C=O) groups excluding carboxylic acids is 1. The molecule has 0 radical (unpaired) electrons. The number of rotatable bonds is 2. The van der Waals surface area contributed by atoms with Crippen molar-refractivity contribution in [1.82, 2.24) is 0 Å². The molecule has 1 amide bonds. The third kappa shape index (κ3) is 2.07. The Bertz CT molecular complexity index is 496. The van der Waals surface area contributed by atoms with E-state index in [4.69, 9.17) is 10.00 Å². The van der Waals surface area contributed by atoms with Crippen LogP contribution in [0.1, 0.15) is 6.42 Å². The third-order valence-corrected chi connectivity index (χ3v) is 2.75. The molecular formula is C12H11FN2O2. The number of methoxy groups -OCH3 is 1. The fourth-order valence-corrected chi connectivity index (χ4v) is 1.86. The van der Waals surface area contributed by atoms with Gasteiger partial charge in [0.2, 0.25) is 5.91 Å².